The Hall–Kier alpha value is -1.27. The second-order valence-electron chi connectivity index (χ2n) is 5.57. The summed E-state index contributed by atoms with van der Waals surface area (Å²) in [6.45, 7) is 0. The molecule has 0 saturated heterocycles. The van der Waals surface area contributed by atoms with E-state index in [2.05, 4.69) is 5.43 Å². The third-order valence-corrected chi connectivity index (χ3v) is 4.34. The zero-order valence-electron chi connectivity index (χ0n) is 12.0. The van der Waals surface area contributed by atoms with Crippen LogP contribution in [-0.2, 0) is 0 Å². The predicted molar refractivity (Wildman–Crippen MR) is 74.6 cm³/mol. The van der Waals surface area contributed by atoms with Gasteiger partial charge in [-0.1, -0.05) is 12.1 Å². The molecular formula is C15H21F3N2O. The maximum Gasteiger partial charge on any atom is 0.391 e. The molecule has 2 rings (SSSR count). The zero-order valence-corrected chi connectivity index (χ0v) is 12.0. The van der Waals surface area contributed by atoms with Gasteiger partial charge in [-0.05, 0) is 49.3 Å². The molecule has 0 spiro atoms. The molecular weight excluding hydrogens is 281 g/mol. The van der Waals surface area contributed by atoms with E-state index in [1.165, 1.54) is 0 Å². The fourth-order valence-corrected chi connectivity index (χ4v) is 3.12. The molecule has 3 N–H and O–H groups in total. The van der Waals surface area contributed by atoms with Gasteiger partial charge in [-0.25, -0.2) is 0 Å². The molecule has 1 atom stereocenters. The van der Waals surface area contributed by atoms with Gasteiger partial charge in [0, 0.05) is 6.04 Å². The second-order valence-corrected chi connectivity index (χ2v) is 5.57. The van der Waals surface area contributed by atoms with E-state index >= 15 is 0 Å². The molecule has 3 nitrogen and oxygen atoms in total. The van der Waals surface area contributed by atoms with Crippen molar-refractivity contribution < 1.29 is 17.9 Å². The highest BCUT2D eigenvalue weighted by Gasteiger charge is 2.42. The van der Waals surface area contributed by atoms with Gasteiger partial charge in [0.15, 0.2) is 0 Å². The van der Waals surface area contributed by atoms with Gasteiger partial charge in [0.05, 0.1) is 13.0 Å². The van der Waals surface area contributed by atoms with Crippen molar-refractivity contribution in [1.29, 1.82) is 0 Å². The summed E-state index contributed by atoms with van der Waals surface area (Å²) in [6.07, 6.45) is -2.67. The maximum absolute atomic E-state index is 12.7. The second kappa shape index (κ2) is 6.66. The average molecular weight is 302 g/mol. The maximum atomic E-state index is 12.7. The van der Waals surface area contributed by atoms with Crippen LogP contribution in [0.4, 0.5) is 13.2 Å². The lowest BCUT2D eigenvalue weighted by molar-refractivity contribution is -0.184. The number of hydrogen-bond acceptors (Lipinski definition) is 3. The first-order valence-electron chi connectivity index (χ1n) is 7.12. The lowest BCUT2D eigenvalue weighted by Gasteiger charge is -2.34. The number of hydrogen-bond donors (Lipinski definition) is 2. The Morgan fingerprint density at radius 3 is 2.43 bits per heavy atom. The fraction of sp³-hybridized carbons (Fsp3) is 0.600. The van der Waals surface area contributed by atoms with Crippen molar-refractivity contribution >= 4 is 0 Å². The Kier molecular flexibility index (Phi) is 5.11. The molecule has 0 amide bonds. The summed E-state index contributed by atoms with van der Waals surface area (Å²) in [4.78, 5) is 0. The van der Waals surface area contributed by atoms with Crippen LogP contribution in [0.5, 0.6) is 5.75 Å². The van der Waals surface area contributed by atoms with Crippen LogP contribution in [0.25, 0.3) is 0 Å². The number of nitrogens with two attached hydrogens (primary N) is 1. The van der Waals surface area contributed by atoms with Gasteiger partial charge < -0.3 is 4.74 Å². The minimum Gasteiger partial charge on any atom is -0.497 e. The lowest BCUT2D eigenvalue weighted by atomic mass is 9.76. The van der Waals surface area contributed by atoms with E-state index in [-0.39, 0.29) is 24.8 Å². The SMILES string of the molecule is COc1cccc(C(NN)C2CCC(C(F)(F)F)CC2)c1. The van der Waals surface area contributed by atoms with E-state index < -0.39 is 12.1 Å². The molecule has 0 aliphatic heterocycles. The van der Waals surface area contributed by atoms with Crippen molar-refractivity contribution in [3.63, 3.8) is 0 Å². The van der Waals surface area contributed by atoms with E-state index in [1.54, 1.807) is 7.11 Å². The van der Waals surface area contributed by atoms with Gasteiger partial charge in [0.2, 0.25) is 0 Å². The molecule has 118 valence electrons. The first-order chi connectivity index (χ1) is 9.95. The minimum atomic E-state index is -4.08. The molecule has 21 heavy (non-hydrogen) atoms. The highest BCUT2D eigenvalue weighted by Crippen LogP contribution is 2.43. The van der Waals surface area contributed by atoms with Crippen LogP contribution in [0.1, 0.15) is 37.3 Å². The van der Waals surface area contributed by atoms with Crippen molar-refractivity contribution in [3.05, 3.63) is 29.8 Å². The Morgan fingerprint density at radius 1 is 1.24 bits per heavy atom. The number of ether oxygens (including phenoxy) is 1. The average Bonchev–Trinajstić information content (AvgIpc) is 2.48. The van der Waals surface area contributed by atoms with Gasteiger partial charge >= 0.3 is 6.18 Å². The van der Waals surface area contributed by atoms with Crippen molar-refractivity contribution in [2.24, 2.45) is 17.7 Å². The standard InChI is InChI=1S/C15H21F3N2O/c1-21-13-4-2-3-11(9-13)14(20-19)10-5-7-12(8-6-10)15(16,17)18/h2-4,9-10,12,14,20H,5-8,19H2,1H3. The molecule has 0 radical (unpaired) electrons. The number of methoxy groups -OCH3 is 1. The van der Waals surface area contributed by atoms with Crippen LogP contribution in [0.15, 0.2) is 24.3 Å². The normalized spacial score (nSPS) is 24.6. The molecule has 0 aromatic heterocycles. The molecule has 1 fully saturated rings. The van der Waals surface area contributed by atoms with Crippen LogP contribution in [0, 0.1) is 11.8 Å². The molecule has 0 heterocycles. The van der Waals surface area contributed by atoms with Crippen LogP contribution in [0.2, 0.25) is 0 Å². The lowest BCUT2D eigenvalue weighted by Crippen LogP contribution is -2.37. The number of halogens is 3. The number of alkyl halides is 3. The highest BCUT2D eigenvalue weighted by atomic mass is 19.4. The van der Waals surface area contributed by atoms with E-state index in [4.69, 9.17) is 10.6 Å². The summed E-state index contributed by atoms with van der Waals surface area (Å²) in [5.41, 5.74) is 3.71. The van der Waals surface area contributed by atoms with Gasteiger partial charge in [-0.15, -0.1) is 0 Å². The van der Waals surface area contributed by atoms with Crippen LogP contribution in [-0.4, -0.2) is 13.3 Å². The quantitative estimate of drug-likeness (QED) is 0.660. The van der Waals surface area contributed by atoms with E-state index in [0.717, 1.165) is 11.3 Å². The molecule has 1 aromatic carbocycles. The zero-order chi connectivity index (χ0) is 15.5. The van der Waals surface area contributed by atoms with E-state index in [9.17, 15) is 13.2 Å². The largest absolute Gasteiger partial charge is 0.497 e. The summed E-state index contributed by atoms with van der Waals surface area (Å²) < 4.78 is 43.3. The Labute approximate surface area is 122 Å². The monoisotopic (exact) mass is 302 g/mol. The molecule has 1 unspecified atom stereocenters. The number of rotatable bonds is 4. The predicted octanol–water partition coefficient (Wildman–Crippen LogP) is 3.57. The summed E-state index contributed by atoms with van der Waals surface area (Å²) in [6, 6.07) is 7.34. The summed E-state index contributed by atoms with van der Waals surface area (Å²) in [7, 11) is 1.58. The first-order valence-corrected chi connectivity index (χ1v) is 7.12. The van der Waals surface area contributed by atoms with Gasteiger partial charge in [0.25, 0.3) is 0 Å². The van der Waals surface area contributed by atoms with Gasteiger partial charge in [0.1, 0.15) is 5.75 Å². The fourth-order valence-electron chi connectivity index (χ4n) is 3.12. The Balaban J connectivity index is 2.06. The van der Waals surface area contributed by atoms with Crippen molar-refractivity contribution in [2.45, 2.75) is 37.9 Å². The van der Waals surface area contributed by atoms with E-state index in [0.29, 0.717) is 12.8 Å². The molecule has 1 aliphatic rings. The van der Waals surface area contributed by atoms with Crippen molar-refractivity contribution in [2.75, 3.05) is 7.11 Å². The smallest absolute Gasteiger partial charge is 0.391 e. The van der Waals surface area contributed by atoms with Crippen LogP contribution < -0.4 is 16.0 Å². The first kappa shape index (κ1) is 16.1. The van der Waals surface area contributed by atoms with E-state index in [1.807, 2.05) is 24.3 Å². The van der Waals surface area contributed by atoms with Crippen molar-refractivity contribution in [3.8, 4) is 5.75 Å². The van der Waals surface area contributed by atoms with Crippen LogP contribution in [0.3, 0.4) is 0 Å². The minimum absolute atomic E-state index is 0.112. The topological polar surface area (TPSA) is 47.3 Å². The molecule has 0 bridgehead atoms. The Morgan fingerprint density at radius 2 is 1.90 bits per heavy atom. The van der Waals surface area contributed by atoms with Gasteiger partial charge in [-0.2, -0.15) is 13.2 Å². The summed E-state index contributed by atoms with van der Waals surface area (Å²) in [5.74, 6) is 5.30. The van der Waals surface area contributed by atoms with Crippen molar-refractivity contribution in [1.82, 2.24) is 5.43 Å². The molecule has 1 aromatic rings. The summed E-state index contributed by atoms with van der Waals surface area (Å²) in [5, 5.41) is 0. The highest BCUT2D eigenvalue weighted by molar-refractivity contribution is 5.30. The number of nitrogens with one attached hydrogen (secondary N) is 1. The molecule has 1 saturated carbocycles. The van der Waals surface area contributed by atoms with Gasteiger partial charge in [-0.3, -0.25) is 11.3 Å². The third-order valence-electron chi connectivity index (χ3n) is 4.34. The Bertz CT molecular complexity index is 456. The molecule has 6 heteroatoms. The molecule has 1 aliphatic carbocycles. The number of hydrazine groups is 1. The number of benzene rings is 1. The summed E-state index contributed by atoms with van der Waals surface area (Å²) >= 11 is 0. The third kappa shape index (κ3) is 3.89. The van der Waals surface area contributed by atoms with Crippen LogP contribution >= 0.6 is 0 Å².